The van der Waals surface area contributed by atoms with Gasteiger partial charge < -0.3 is 9.67 Å². The second kappa shape index (κ2) is 4.87. The Morgan fingerprint density at radius 2 is 2.29 bits per heavy atom. The zero-order valence-electron chi connectivity index (χ0n) is 9.48. The monoisotopic (exact) mass is 296 g/mol. The number of aryl methyl sites for hydroxylation is 1. The van der Waals surface area contributed by atoms with Gasteiger partial charge in [0.1, 0.15) is 12.4 Å². The smallest absolute Gasteiger partial charge is 0.323 e. The first-order chi connectivity index (χ1) is 8.11. The number of rotatable bonds is 4. The normalized spacial score (nSPS) is 10.9. The van der Waals surface area contributed by atoms with Crippen LogP contribution in [0.25, 0.3) is 11.0 Å². The lowest BCUT2D eigenvalue weighted by Gasteiger charge is -2.04. The number of hydrogen-bond donors (Lipinski definition) is 1. The topological polar surface area (TPSA) is 55.1 Å². The van der Waals surface area contributed by atoms with Crippen LogP contribution in [0.4, 0.5) is 0 Å². The SMILES string of the molecule is CCCc1nc2cc(Br)ccc2n1CC(=O)O. The summed E-state index contributed by atoms with van der Waals surface area (Å²) in [4.78, 5) is 15.4. The predicted octanol–water partition coefficient (Wildman–Crippen LogP) is 2.84. The van der Waals surface area contributed by atoms with Crippen LogP contribution in [0.1, 0.15) is 19.2 Å². The quantitative estimate of drug-likeness (QED) is 0.944. The van der Waals surface area contributed by atoms with Gasteiger partial charge in [0, 0.05) is 10.9 Å². The van der Waals surface area contributed by atoms with Crippen LogP contribution in [0.5, 0.6) is 0 Å². The van der Waals surface area contributed by atoms with Gasteiger partial charge >= 0.3 is 5.97 Å². The number of aliphatic carboxylic acids is 1. The van der Waals surface area contributed by atoms with Crippen LogP contribution < -0.4 is 0 Å². The van der Waals surface area contributed by atoms with Crippen molar-refractivity contribution in [1.29, 1.82) is 0 Å². The molecule has 17 heavy (non-hydrogen) atoms. The van der Waals surface area contributed by atoms with Gasteiger partial charge in [0.05, 0.1) is 11.0 Å². The van der Waals surface area contributed by atoms with Gasteiger partial charge in [0.2, 0.25) is 0 Å². The third-order valence-electron chi connectivity index (χ3n) is 2.56. The van der Waals surface area contributed by atoms with E-state index in [9.17, 15) is 4.79 Å². The molecule has 4 nitrogen and oxygen atoms in total. The fraction of sp³-hybridized carbons (Fsp3) is 0.333. The largest absolute Gasteiger partial charge is 0.480 e. The van der Waals surface area contributed by atoms with Crippen LogP contribution in [0.3, 0.4) is 0 Å². The standard InChI is InChI=1S/C12H13BrN2O2/c1-2-3-11-14-9-6-8(13)4-5-10(9)15(11)7-12(16)17/h4-6H,2-3,7H2,1H3,(H,16,17). The number of hydrogen-bond acceptors (Lipinski definition) is 2. The van der Waals surface area contributed by atoms with Crippen LogP contribution in [-0.4, -0.2) is 20.6 Å². The molecule has 1 aromatic carbocycles. The maximum absolute atomic E-state index is 10.9. The summed E-state index contributed by atoms with van der Waals surface area (Å²) in [7, 11) is 0. The predicted molar refractivity (Wildman–Crippen MR) is 69.1 cm³/mol. The fourth-order valence-electron chi connectivity index (χ4n) is 1.88. The first-order valence-electron chi connectivity index (χ1n) is 5.48. The number of carboxylic acid groups (broad SMARTS) is 1. The Balaban J connectivity index is 2.57. The molecule has 1 N–H and O–H groups in total. The maximum Gasteiger partial charge on any atom is 0.323 e. The summed E-state index contributed by atoms with van der Waals surface area (Å²) in [6, 6.07) is 5.71. The summed E-state index contributed by atoms with van der Waals surface area (Å²) in [6.45, 7) is 2.02. The van der Waals surface area contributed by atoms with Crippen molar-refractivity contribution in [3.05, 3.63) is 28.5 Å². The lowest BCUT2D eigenvalue weighted by molar-refractivity contribution is -0.137. The summed E-state index contributed by atoms with van der Waals surface area (Å²) in [5, 5.41) is 8.93. The van der Waals surface area contributed by atoms with E-state index in [-0.39, 0.29) is 6.54 Å². The average molecular weight is 297 g/mol. The Hall–Kier alpha value is -1.36. The van der Waals surface area contributed by atoms with Crippen LogP contribution in [0.15, 0.2) is 22.7 Å². The molecular formula is C12H13BrN2O2. The lowest BCUT2D eigenvalue weighted by atomic mass is 10.3. The molecule has 0 saturated heterocycles. The third kappa shape index (κ3) is 2.49. The number of imidazole rings is 1. The fourth-order valence-corrected chi connectivity index (χ4v) is 2.23. The highest BCUT2D eigenvalue weighted by Crippen LogP contribution is 2.21. The zero-order chi connectivity index (χ0) is 12.4. The van der Waals surface area contributed by atoms with Gasteiger partial charge in [-0.05, 0) is 24.6 Å². The van der Waals surface area contributed by atoms with Crippen LogP contribution in [-0.2, 0) is 17.8 Å². The first-order valence-corrected chi connectivity index (χ1v) is 6.27. The molecule has 0 fully saturated rings. The Labute approximate surface area is 107 Å². The Bertz CT molecular complexity index is 563. The first kappa shape index (κ1) is 12.1. The molecule has 0 saturated carbocycles. The summed E-state index contributed by atoms with van der Waals surface area (Å²) in [5.74, 6) is -0.00688. The minimum Gasteiger partial charge on any atom is -0.480 e. The maximum atomic E-state index is 10.9. The number of fused-ring (bicyclic) bond motifs is 1. The highest BCUT2D eigenvalue weighted by Gasteiger charge is 2.12. The number of benzene rings is 1. The zero-order valence-corrected chi connectivity index (χ0v) is 11.1. The van der Waals surface area contributed by atoms with Crippen molar-refractivity contribution in [3.8, 4) is 0 Å². The number of carbonyl (C=O) groups is 1. The Morgan fingerprint density at radius 3 is 2.94 bits per heavy atom. The molecule has 0 aliphatic carbocycles. The van der Waals surface area contributed by atoms with Gasteiger partial charge in [0.15, 0.2) is 0 Å². The molecule has 2 rings (SSSR count). The minimum absolute atomic E-state index is 0.0343. The second-order valence-corrected chi connectivity index (χ2v) is 4.81. The van der Waals surface area contributed by atoms with Crippen molar-refractivity contribution in [3.63, 3.8) is 0 Å². The van der Waals surface area contributed by atoms with E-state index >= 15 is 0 Å². The molecule has 0 aliphatic heterocycles. The summed E-state index contributed by atoms with van der Waals surface area (Å²) in [6.07, 6.45) is 1.74. The van der Waals surface area contributed by atoms with E-state index in [2.05, 4.69) is 27.8 Å². The number of halogens is 1. The molecule has 0 atom stereocenters. The van der Waals surface area contributed by atoms with E-state index < -0.39 is 5.97 Å². The summed E-state index contributed by atoms with van der Waals surface area (Å²) < 4.78 is 2.72. The molecule has 1 aromatic heterocycles. The van der Waals surface area contributed by atoms with Gasteiger partial charge in [0.25, 0.3) is 0 Å². The van der Waals surface area contributed by atoms with E-state index in [1.54, 1.807) is 4.57 Å². The molecule has 1 heterocycles. The third-order valence-corrected chi connectivity index (χ3v) is 3.05. The molecule has 2 aromatic rings. The number of aromatic nitrogens is 2. The molecule has 0 bridgehead atoms. The van der Waals surface area contributed by atoms with E-state index in [4.69, 9.17) is 5.11 Å². The van der Waals surface area contributed by atoms with E-state index in [1.807, 2.05) is 18.2 Å². The number of nitrogens with zero attached hydrogens (tertiary/aromatic N) is 2. The van der Waals surface area contributed by atoms with Crippen LogP contribution in [0.2, 0.25) is 0 Å². The summed E-state index contributed by atoms with van der Waals surface area (Å²) in [5.41, 5.74) is 1.71. The molecular weight excluding hydrogens is 284 g/mol. The Kier molecular flexibility index (Phi) is 3.47. The van der Waals surface area contributed by atoms with Gasteiger partial charge in [-0.1, -0.05) is 22.9 Å². The van der Waals surface area contributed by atoms with Crippen LogP contribution in [0, 0.1) is 0 Å². The second-order valence-electron chi connectivity index (χ2n) is 3.89. The van der Waals surface area contributed by atoms with Crippen molar-refractivity contribution >= 4 is 32.9 Å². The molecule has 0 spiro atoms. The average Bonchev–Trinajstić information content (AvgIpc) is 2.56. The summed E-state index contributed by atoms with van der Waals surface area (Å²) >= 11 is 3.39. The highest BCUT2D eigenvalue weighted by molar-refractivity contribution is 9.10. The molecule has 90 valence electrons. The van der Waals surface area contributed by atoms with E-state index in [0.717, 1.165) is 34.2 Å². The van der Waals surface area contributed by atoms with E-state index in [0.29, 0.717) is 0 Å². The van der Waals surface area contributed by atoms with E-state index in [1.165, 1.54) is 0 Å². The van der Waals surface area contributed by atoms with Crippen molar-refractivity contribution in [2.24, 2.45) is 0 Å². The van der Waals surface area contributed by atoms with Crippen molar-refractivity contribution in [1.82, 2.24) is 9.55 Å². The molecule has 0 radical (unpaired) electrons. The Morgan fingerprint density at radius 1 is 1.53 bits per heavy atom. The van der Waals surface area contributed by atoms with Gasteiger partial charge in [-0.2, -0.15) is 0 Å². The molecule has 0 aliphatic rings. The number of carboxylic acids is 1. The highest BCUT2D eigenvalue weighted by atomic mass is 79.9. The van der Waals surface area contributed by atoms with Crippen molar-refractivity contribution in [2.45, 2.75) is 26.3 Å². The minimum atomic E-state index is -0.843. The van der Waals surface area contributed by atoms with Crippen molar-refractivity contribution < 1.29 is 9.90 Å². The van der Waals surface area contributed by atoms with Crippen molar-refractivity contribution in [2.75, 3.05) is 0 Å². The molecule has 5 heteroatoms. The van der Waals surface area contributed by atoms with Crippen LogP contribution >= 0.6 is 15.9 Å². The van der Waals surface area contributed by atoms with Gasteiger partial charge in [-0.25, -0.2) is 4.98 Å². The van der Waals surface area contributed by atoms with Gasteiger partial charge in [-0.15, -0.1) is 0 Å². The lowest BCUT2D eigenvalue weighted by Crippen LogP contribution is -2.11. The van der Waals surface area contributed by atoms with Gasteiger partial charge in [-0.3, -0.25) is 4.79 Å². The molecule has 0 amide bonds. The molecule has 0 unspecified atom stereocenters.